The van der Waals surface area contributed by atoms with Crippen LogP contribution in [0, 0.1) is 0 Å². The van der Waals surface area contributed by atoms with Gasteiger partial charge in [0.15, 0.2) is 0 Å². The minimum Gasteiger partial charge on any atom is -0.383 e. The lowest BCUT2D eigenvalue weighted by molar-refractivity contribution is 0.406. The lowest BCUT2D eigenvalue weighted by Gasteiger charge is -2.27. The molecule has 0 aliphatic carbocycles. The maximum atomic E-state index is 6.30. The fraction of sp³-hybridized carbons (Fsp3) is 0.632. The van der Waals surface area contributed by atoms with Crippen molar-refractivity contribution < 1.29 is 0 Å². The number of fused-ring (bicyclic) bond motifs is 1. The van der Waals surface area contributed by atoms with Gasteiger partial charge in [-0.1, -0.05) is 41.5 Å². The molecule has 3 heteroatoms. The van der Waals surface area contributed by atoms with Crippen LogP contribution in [0.25, 0.3) is 10.9 Å². The highest BCUT2D eigenvalue weighted by Gasteiger charge is 2.30. The normalized spacial score (nSPS) is 13.9. The maximum absolute atomic E-state index is 6.30. The molecule has 0 saturated carbocycles. The molecule has 0 saturated heterocycles. The van der Waals surface area contributed by atoms with Gasteiger partial charge in [-0.2, -0.15) is 0 Å². The van der Waals surface area contributed by atoms with Crippen molar-refractivity contribution in [2.24, 2.45) is 0 Å². The minimum absolute atomic E-state index is 0.00442. The highest BCUT2D eigenvalue weighted by Crippen LogP contribution is 2.41. The Balaban J connectivity index is 3.06. The molecule has 0 spiro atoms. The summed E-state index contributed by atoms with van der Waals surface area (Å²) in [5.74, 6) is 0.635. The van der Waals surface area contributed by atoms with Gasteiger partial charge >= 0.3 is 0 Å². The average Bonchev–Trinajstić information content (AvgIpc) is 2.67. The van der Waals surface area contributed by atoms with Crippen molar-refractivity contribution in [2.45, 2.75) is 78.7 Å². The van der Waals surface area contributed by atoms with Crippen LogP contribution in [0.5, 0.6) is 0 Å². The lowest BCUT2D eigenvalue weighted by atomic mass is 9.83. The quantitative estimate of drug-likeness (QED) is 0.746. The van der Waals surface area contributed by atoms with Crippen molar-refractivity contribution in [3.8, 4) is 0 Å². The van der Waals surface area contributed by atoms with Crippen LogP contribution in [-0.4, -0.2) is 9.55 Å². The van der Waals surface area contributed by atoms with Crippen LogP contribution < -0.4 is 5.73 Å². The van der Waals surface area contributed by atoms with E-state index in [0.29, 0.717) is 5.82 Å². The lowest BCUT2D eigenvalue weighted by Crippen LogP contribution is -2.23. The number of hydrogen-bond acceptors (Lipinski definition) is 2. The molecule has 0 radical (unpaired) electrons. The third-order valence-corrected chi connectivity index (χ3v) is 4.19. The number of aromatic nitrogens is 2. The van der Waals surface area contributed by atoms with Crippen molar-refractivity contribution >= 4 is 16.7 Å². The Hall–Kier alpha value is -1.51. The maximum Gasteiger partial charge on any atom is 0.133 e. The zero-order chi connectivity index (χ0) is 17.1. The Morgan fingerprint density at radius 3 is 1.77 bits per heavy atom. The molecule has 2 aromatic rings. The predicted octanol–water partition coefficient (Wildman–Crippen LogP) is 4.97. The van der Waals surface area contributed by atoms with E-state index in [0.717, 1.165) is 5.39 Å². The minimum atomic E-state index is -0.00442. The topological polar surface area (TPSA) is 43.8 Å². The summed E-state index contributed by atoms with van der Waals surface area (Å²) in [6.45, 7) is 20.1. The molecule has 2 aromatic heterocycles. The van der Waals surface area contributed by atoms with Crippen molar-refractivity contribution in [1.29, 1.82) is 0 Å². The molecule has 0 fully saturated rings. The number of anilines is 1. The molecule has 3 nitrogen and oxygen atoms in total. The van der Waals surface area contributed by atoms with Crippen LogP contribution >= 0.6 is 0 Å². The number of rotatable bonds is 0. The van der Waals surface area contributed by atoms with Gasteiger partial charge in [-0.05, 0) is 37.2 Å². The van der Waals surface area contributed by atoms with Crippen LogP contribution in [0.2, 0.25) is 0 Å². The van der Waals surface area contributed by atoms with Crippen molar-refractivity contribution in [1.82, 2.24) is 9.55 Å². The summed E-state index contributed by atoms with van der Waals surface area (Å²) in [5, 5.41) is 1.12. The van der Waals surface area contributed by atoms with Crippen LogP contribution in [0.1, 0.15) is 73.4 Å². The molecule has 0 amide bonds. The molecule has 122 valence electrons. The third kappa shape index (κ3) is 2.73. The van der Waals surface area contributed by atoms with Gasteiger partial charge in [0.2, 0.25) is 0 Å². The van der Waals surface area contributed by atoms with Crippen molar-refractivity contribution in [3.05, 3.63) is 23.5 Å². The number of nitrogens with two attached hydrogens (primary N) is 1. The second-order valence-corrected chi connectivity index (χ2v) is 9.36. The van der Waals surface area contributed by atoms with Crippen molar-refractivity contribution in [2.75, 3.05) is 5.73 Å². The highest BCUT2D eigenvalue weighted by molar-refractivity contribution is 5.96. The van der Waals surface area contributed by atoms with Crippen LogP contribution in [0.3, 0.4) is 0 Å². The Morgan fingerprint density at radius 2 is 1.36 bits per heavy atom. The summed E-state index contributed by atoms with van der Waals surface area (Å²) in [6, 6.07) is 0. The molecule has 0 aromatic carbocycles. The van der Waals surface area contributed by atoms with Crippen LogP contribution in [0.15, 0.2) is 12.4 Å². The summed E-state index contributed by atoms with van der Waals surface area (Å²) < 4.78 is 2.38. The SMILES string of the molecule is CC(C)(C)c1cn(C(C)(C)C)c2c(C(C)(C)C)cnc(N)c12. The fourth-order valence-corrected chi connectivity index (χ4v) is 2.94. The Morgan fingerprint density at radius 1 is 0.864 bits per heavy atom. The summed E-state index contributed by atoms with van der Waals surface area (Å²) in [7, 11) is 0. The molecule has 2 N–H and O–H groups in total. The first kappa shape index (κ1) is 16.9. The monoisotopic (exact) mass is 301 g/mol. The van der Waals surface area contributed by atoms with Crippen LogP contribution in [-0.2, 0) is 16.4 Å². The van der Waals surface area contributed by atoms with E-state index < -0.39 is 0 Å². The van der Waals surface area contributed by atoms with E-state index in [2.05, 4.69) is 78.1 Å². The number of hydrogen-bond donors (Lipinski definition) is 1. The number of nitrogen functional groups attached to an aromatic ring is 1. The zero-order valence-electron chi connectivity index (χ0n) is 15.6. The average molecular weight is 301 g/mol. The summed E-state index contributed by atoms with van der Waals surface area (Å²) in [5.41, 5.74) is 10.1. The Kier molecular flexibility index (Phi) is 3.63. The number of pyridine rings is 1. The molecule has 0 unspecified atom stereocenters. The molecule has 0 aliphatic heterocycles. The van der Waals surface area contributed by atoms with Gasteiger partial charge in [0.25, 0.3) is 0 Å². The van der Waals surface area contributed by atoms with E-state index in [1.807, 2.05) is 6.20 Å². The van der Waals surface area contributed by atoms with Gasteiger partial charge in [0.1, 0.15) is 5.82 Å². The van der Waals surface area contributed by atoms with Gasteiger partial charge in [0.05, 0.1) is 5.52 Å². The highest BCUT2D eigenvalue weighted by atomic mass is 15.0. The second-order valence-electron chi connectivity index (χ2n) is 9.36. The fourth-order valence-electron chi connectivity index (χ4n) is 2.94. The number of nitrogens with zero attached hydrogens (tertiary/aromatic N) is 2. The molecule has 22 heavy (non-hydrogen) atoms. The molecular weight excluding hydrogens is 270 g/mol. The van der Waals surface area contributed by atoms with E-state index in [9.17, 15) is 0 Å². The van der Waals surface area contributed by atoms with Crippen LogP contribution in [0.4, 0.5) is 5.82 Å². The first-order valence-corrected chi connectivity index (χ1v) is 8.05. The smallest absolute Gasteiger partial charge is 0.133 e. The Labute approximate surface area is 134 Å². The molecular formula is C19H31N3. The van der Waals surface area contributed by atoms with Gasteiger partial charge in [-0.25, -0.2) is 4.98 Å². The third-order valence-electron chi connectivity index (χ3n) is 4.19. The largest absolute Gasteiger partial charge is 0.383 e. The van der Waals surface area contributed by atoms with E-state index in [1.54, 1.807) is 0 Å². The summed E-state index contributed by atoms with van der Waals surface area (Å²) in [6.07, 6.45) is 4.23. The Bertz CT molecular complexity index is 701. The predicted molar refractivity (Wildman–Crippen MR) is 96.5 cm³/mol. The molecule has 0 bridgehead atoms. The van der Waals surface area contributed by atoms with Crippen molar-refractivity contribution in [3.63, 3.8) is 0 Å². The van der Waals surface area contributed by atoms with Gasteiger partial charge in [-0.15, -0.1) is 0 Å². The standard InChI is InChI=1S/C19H31N3/c1-17(2,3)12-10-21-16(20)14-13(18(4,5)6)11-22(15(12)14)19(7,8)9/h10-11H,1-9H3,(H2,20,21). The molecule has 2 rings (SSSR count). The van der Waals surface area contributed by atoms with Gasteiger partial charge < -0.3 is 10.3 Å². The van der Waals surface area contributed by atoms with Gasteiger partial charge in [-0.3, -0.25) is 0 Å². The molecule has 0 aliphatic rings. The first-order valence-electron chi connectivity index (χ1n) is 8.05. The summed E-state index contributed by atoms with van der Waals surface area (Å²) in [4.78, 5) is 4.51. The summed E-state index contributed by atoms with van der Waals surface area (Å²) >= 11 is 0. The van der Waals surface area contributed by atoms with E-state index in [4.69, 9.17) is 5.73 Å². The zero-order valence-corrected chi connectivity index (χ0v) is 15.6. The molecule has 0 atom stereocenters. The van der Waals surface area contributed by atoms with Gasteiger partial charge in [0, 0.05) is 28.9 Å². The first-order chi connectivity index (χ1) is 9.74. The second kappa shape index (κ2) is 4.74. The van der Waals surface area contributed by atoms with E-state index in [1.165, 1.54) is 16.6 Å². The molecule has 2 heterocycles. The van der Waals surface area contributed by atoms with E-state index >= 15 is 0 Å². The van der Waals surface area contributed by atoms with E-state index in [-0.39, 0.29) is 16.4 Å².